The van der Waals surface area contributed by atoms with E-state index < -0.39 is 138 Å². The highest BCUT2D eigenvalue weighted by molar-refractivity contribution is 8.13. The number of Topliss-reactive ketones (excluding diaryl/α,β-unsaturated/α-hetero) is 2. The van der Waals surface area contributed by atoms with Crippen molar-refractivity contribution in [1.29, 1.82) is 0 Å². The molecule has 1 aliphatic rings. The Morgan fingerprint density at radius 1 is 0.690 bits per heavy atom. The molecule has 0 aromatic heterocycles. The zero-order chi connectivity index (χ0) is 52.2. The smallest absolute Gasteiger partial charge is 0.243 e. The Labute approximate surface area is 415 Å². The van der Waals surface area contributed by atoms with Gasteiger partial charge in [-0.05, 0) is 59.7 Å². The van der Waals surface area contributed by atoms with Crippen LogP contribution in [0, 0.1) is 23.7 Å². The van der Waals surface area contributed by atoms with Crippen molar-refractivity contribution in [3.05, 3.63) is 95.6 Å². The molecule has 71 heavy (non-hydrogen) atoms. The lowest BCUT2D eigenvalue weighted by Gasteiger charge is -2.27. The second-order valence-electron chi connectivity index (χ2n) is 17.7. The maximum absolute atomic E-state index is 14.2. The number of primary amides is 1. The van der Waals surface area contributed by atoms with Crippen LogP contribution < -0.4 is 37.6 Å². The number of aliphatic hydroxyl groups is 1. The number of phenols is 2. The van der Waals surface area contributed by atoms with Gasteiger partial charge in [0.25, 0.3) is 0 Å². The van der Waals surface area contributed by atoms with Gasteiger partial charge in [0.15, 0.2) is 5.78 Å². The van der Waals surface area contributed by atoms with Crippen molar-refractivity contribution in [2.75, 3.05) is 25.4 Å². The summed E-state index contributed by atoms with van der Waals surface area (Å²) in [6.45, 7) is 3.21. The Balaban J connectivity index is 1.58. The highest BCUT2D eigenvalue weighted by Crippen LogP contribution is 2.23. The minimum absolute atomic E-state index is 0.00435. The van der Waals surface area contributed by atoms with Gasteiger partial charge in [-0.15, -0.1) is 0 Å². The molecule has 0 saturated carbocycles. The normalized spacial score (nSPS) is 18.9. The summed E-state index contributed by atoms with van der Waals surface area (Å²) >= 11 is 0.650. The van der Waals surface area contributed by atoms with E-state index in [9.17, 15) is 63.3 Å². The summed E-state index contributed by atoms with van der Waals surface area (Å²) in [4.78, 5) is 135. The number of hydrogen-bond donors (Lipinski definition) is 10. The lowest BCUT2D eigenvalue weighted by Crippen LogP contribution is -2.55. The molecule has 20 nitrogen and oxygen atoms in total. The molecule has 11 N–H and O–H groups in total. The molecule has 7 atom stereocenters. The quantitative estimate of drug-likeness (QED) is 0.0686. The molecule has 3 aromatic rings. The van der Waals surface area contributed by atoms with E-state index in [-0.39, 0.29) is 42.9 Å². The first-order chi connectivity index (χ1) is 33.8. The van der Waals surface area contributed by atoms with Gasteiger partial charge in [-0.3, -0.25) is 47.9 Å². The van der Waals surface area contributed by atoms with E-state index in [0.717, 1.165) is 0 Å². The zero-order valence-corrected chi connectivity index (χ0v) is 40.6. The molecular formula is C50H63N7O13S. The maximum atomic E-state index is 14.2. The molecule has 0 bridgehead atoms. The predicted molar refractivity (Wildman–Crippen MR) is 261 cm³/mol. The first kappa shape index (κ1) is 56.5. The number of amides is 7. The van der Waals surface area contributed by atoms with Crippen LogP contribution in [0.3, 0.4) is 0 Å². The summed E-state index contributed by atoms with van der Waals surface area (Å²) in [5.41, 5.74) is 7.29. The summed E-state index contributed by atoms with van der Waals surface area (Å²) in [7, 11) is 0. The molecule has 4 rings (SSSR count). The van der Waals surface area contributed by atoms with Crippen molar-refractivity contribution in [3.63, 3.8) is 0 Å². The van der Waals surface area contributed by atoms with Crippen LogP contribution in [0.5, 0.6) is 11.5 Å². The van der Waals surface area contributed by atoms with Crippen LogP contribution in [0.25, 0.3) is 0 Å². The number of aliphatic hydroxyl groups excluding tert-OH is 1. The number of benzene rings is 3. The summed E-state index contributed by atoms with van der Waals surface area (Å²) in [5.74, 6) is -11.2. The average Bonchev–Trinajstić information content (AvgIpc) is 3.33. The fraction of sp³-hybridized carbons (Fsp3) is 0.440. The Morgan fingerprint density at radius 2 is 1.28 bits per heavy atom. The lowest BCUT2D eigenvalue weighted by molar-refractivity contribution is -0.136. The van der Waals surface area contributed by atoms with Crippen LogP contribution in [-0.2, 0) is 67.2 Å². The Bertz CT molecular complexity index is 2360. The highest BCUT2D eigenvalue weighted by atomic mass is 32.2. The summed E-state index contributed by atoms with van der Waals surface area (Å²) < 4.78 is 0. The summed E-state index contributed by atoms with van der Waals surface area (Å²) in [5, 5.41) is 44.0. The molecule has 1 aliphatic heterocycles. The van der Waals surface area contributed by atoms with Gasteiger partial charge in [0, 0.05) is 43.3 Å². The number of nitrogens with one attached hydrogen (secondary N) is 6. The molecule has 1 heterocycles. The van der Waals surface area contributed by atoms with Gasteiger partial charge in [0.2, 0.25) is 46.5 Å². The third kappa shape index (κ3) is 18.6. The van der Waals surface area contributed by atoms with E-state index in [4.69, 9.17) is 5.73 Å². The van der Waals surface area contributed by atoms with E-state index >= 15 is 0 Å². The molecule has 0 spiro atoms. The van der Waals surface area contributed by atoms with Crippen LogP contribution in [0.1, 0.15) is 63.1 Å². The number of hydrogen-bond acceptors (Lipinski definition) is 14. The number of phenolic OH excluding ortho intramolecular Hbond substituents is 2. The van der Waals surface area contributed by atoms with E-state index in [2.05, 4.69) is 31.9 Å². The van der Waals surface area contributed by atoms with Gasteiger partial charge in [-0.1, -0.05) is 87.1 Å². The molecule has 21 heteroatoms. The summed E-state index contributed by atoms with van der Waals surface area (Å²) in [6.07, 6.45) is -1.42. The summed E-state index contributed by atoms with van der Waals surface area (Å²) in [6, 6.07) is 15.1. The third-order valence-electron chi connectivity index (χ3n) is 11.8. The van der Waals surface area contributed by atoms with E-state index in [1.807, 2.05) is 0 Å². The highest BCUT2D eigenvalue weighted by Gasteiger charge is 2.36. The second-order valence-corrected chi connectivity index (χ2v) is 18.7. The minimum atomic E-state index is -1.64. The van der Waals surface area contributed by atoms with Gasteiger partial charge in [0.05, 0.1) is 38.1 Å². The van der Waals surface area contributed by atoms with Crippen molar-refractivity contribution in [2.24, 2.45) is 29.4 Å². The Kier molecular flexibility index (Phi) is 22.2. The van der Waals surface area contributed by atoms with Crippen LogP contribution in [0.2, 0.25) is 0 Å². The van der Waals surface area contributed by atoms with Crippen LogP contribution in [0.4, 0.5) is 0 Å². The maximum Gasteiger partial charge on any atom is 0.243 e. The van der Waals surface area contributed by atoms with Gasteiger partial charge in [-0.25, -0.2) is 0 Å². The zero-order valence-electron chi connectivity index (χ0n) is 39.8. The van der Waals surface area contributed by atoms with Crippen LogP contribution >= 0.6 is 11.8 Å². The monoisotopic (exact) mass is 1000 g/mol. The van der Waals surface area contributed by atoms with Gasteiger partial charge in [-0.2, -0.15) is 0 Å². The van der Waals surface area contributed by atoms with E-state index in [1.165, 1.54) is 24.3 Å². The number of aromatic hydroxyl groups is 2. The number of carbonyl (C=O) groups is 10. The van der Waals surface area contributed by atoms with E-state index in [1.54, 1.807) is 75.4 Å². The van der Waals surface area contributed by atoms with Crippen molar-refractivity contribution in [1.82, 2.24) is 31.9 Å². The number of carbonyl (C=O) groups excluding carboxylic acids is 10. The number of rotatable bonds is 21. The van der Waals surface area contributed by atoms with Crippen molar-refractivity contribution < 1.29 is 63.3 Å². The second kappa shape index (κ2) is 27.9. The SMILES string of the molecule is CCC(CO)C(=O)CC(Cc1ccc(O)cc1)C(=O)NC(CC(N)=O)C(=O)NC(C(=O)CC1CSC(=O)C(Cc2ccccc2)NC(=O)C(Cc2ccc(O)cc2)NC(=O)CNC(=O)CNC1=O)C(C)C. The molecule has 7 amide bonds. The first-order valence-corrected chi connectivity index (χ1v) is 24.2. The fourth-order valence-electron chi connectivity index (χ4n) is 7.69. The molecule has 0 aliphatic carbocycles. The molecule has 1 saturated heterocycles. The fourth-order valence-corrected chi connectivity index (χ4v) is 8.66. The molecule has 1 fully saturated rings. The van der Waals surface area contributed by atoms with Crippen molar-refractivity contribution in [3.8, 4) is 11.5 Å². The van der Waals surface area contributed by atoms with Gasteiger partial charge >= 0.3 is 0 Å². The molecular weight excluding hydrogens is 939 g/mol. The Morgan fingerprint density at radius 3 is 1.87 bits per heavy atom. The van der Waals surface area contributed by atoms with E-state index in [0.29, 0.717) is 34.9 Å². The topological polar surface area (TPSA) is 330 Å². The molecule has 0 radical (unpaired) electrons. The van der Waals surface area contributed by atoms with Crippen molar-refractivity contribution >= 4 is 69.8 Å². The number of thioether (sulfide) groups is 1. The number of nitrogens with two attached hydrogens (primary N) is 1. The largest absolute Gasteiger partial charge is 0.508 e. The van der Waals surface area contributed by atoms with Crippen molar-refractivity contribution in [2.45, 2.75) is 89.9 Å². The number of ketones is 2. The Hall–Kier alpha value is -7.13. The van der Waals surface area contributed by atoms with Gasteiger partial charge in [0.1, 0.15) is 35.4 Å². The van der Waals surface area contributed by atoms with Crippen LogP contribution in [0.15, 0.2) is 78.9 Å². The average molecular weight is 1000 g/mol. The molecule has 3 aromatic carbocycles. The lowest BCUT2D eigenvalue weighted by atomic mass is 9.88. The standard InChI is InChI=1S/C50H63N7O13S/c1-4-32(26-58)40(61)21-33(18-30-10-14-35(59)15-11-30)47(67)55-38(23-42(51)63)49(69)57-45(28(2)3)41(62)22-34-27-71-50(70)39(20-29-8-6-5-7-9-29)56-48(68)37(19-31-12-16-36(60)17-13-31)54-44(65)25-52-43(64)24-53-46(34)66/h5-17,28,32-34,37-39,45,58-60H,4,18-27H2,1-3H3,(H2,51,63)(H,52,64)(H,53,66)(H,54,65)(H,55,67)(H,56,68)(H,57,69). The molecule has 7 unspecified atom stereocenters. The first-order valence-electron chi connectivity index (χ1n) is 23.2. The third-order valence-corrected chi connectivity index (χ3v) is 12.9. The predicted octanol–water partition coefficient (Wildman–Crippen LogP) is 0.271. The van der Waals surface area contributed by atoms with Crippen LogP contribution in [-0.4, -0.2) is 123 Å². The minimum Gasteiger partial charge on any atom is -0.508 e. The molecule has 382 valence electrons. The van der Waals surface area contributed by atoms with Gasteiger partial charge < -0.3 is 53.0 Å².